The SMILES string of the molecule is CC(=O)NCCNC(=O)CSCCC(NC(=O)OCC1c2ccccc2-c2ccccc21)C(=O)O. The van der Waals surface area contributed by atoms with Gasteiger partial charge in [-0.1, -0.05) is 48.5 Å². The van der Waals surface area contributed by atoms with Gasteiger partial charge in [0.1, 0.15) is 12.6 Å². The number of thioether (sulfide) groups is 1. The molecule has 9 nitrogen and oxygen atoms in total. The lowest BCUT2D eigenvalue weighted by atomic mass is 9.98. The Labute approximate surface area is 208 Å². The Balaban J connectivity index is 1.42. The van der Waals surface area contributed by atoms with E-state index in [2.05, 4.69) is 16.0 Å². The fourth-order valence-electron chi connectivity index (χ4n) is 3.90. The van der Waals surface area contributed by atoms with Crippen LogP contribution in [0.4, 0.5) is 4.79 Å². The number of fused-ring (bicyclic) bond motifs is 3. The molecule has 0 saturated carbocycles. The second-order valence-electron chi connectivity index (χ2n) is 8.03. The van der Waals surface area contributed by atoms with E-state index >= 15 is 0 Å². The quantitative estimate of drug-likeness (QED) is 0.329. The maximum absolute atomic E-state index is 12.4. The highest BCUT2D eigenvalue weighted by Crippen LogP contribution is 2.44. The van der Waals surface area contributed by atoms with Crippen molar-refractivity contribution in [3.05, 3.63) is 59.7 Å². The lowest BCUT2D eigenvalue weighted by Gasteiger charge is -2.17. The van der Waals surface area contributed by atoms with Gasteiger partial charge in [0.2, 0.25) is 11.8 Å². The summed E-state index contributed by atoms with van der Waals surface area (Å²) < 4.78 is 5.42. The zero-order valence-electron chi connectivity index (χ0n) is 19.4. The second kappa shape index (κ2) is 12.8. The highest BCUT2D eigenvalue weighted by atomic mass is 32.2. The molecule has 3 rings (SSSR count). The molecule has 4 N–H and O–H groups in total. The summed E-state index contributed by atoms with van der Waals surface area (Å²) in [5.74, 6) is -1.15. The molecule has 0 fully saturated rings. The average molecular weight is 500 g/mol. The van der Waals surface area contributed by atoms with Gasteiger partial charge in [-0.3, -0.25) is 9.59 Å². The molecule has 1 atom stereocenters. The van der Waals surface area contributed by atoms with Crippen LogP contribution in [-0.2, 0) is 19.1 Å². The highest BCUT2D eigenvalue weighted by Gasteiger charge is 2.29. The summed E-state index contributed by atoms with van der Waals surface area (Å²) in [4.78, 5) is 46.5. The van der Waals surface area contributed by atoms with E-state index in [1.165, 1.54) is 18.7 Å². The van der Waals surface area contributed by atoms with Gasteiger partial charge in [-0.25, -0.2) is 9.59 Å². The van der Waals surface area contributed by atoms with Crippen LogP contribution in [0.1, 0.15) is 30.4 Å². The molecule has 0 aliphatic heterocycles. The van der Waals surface area contributed by atoms with E-state index in [0.29, 0.717) is 18.8 Å². The highest BCUT2D eigenvalue weighted by molar-refractivity contribution is 7.99. The van der Waals surface area contributed by atoms with Gasteiger partial charge >= 0.3 is 12.1 Å². The van der Waals surface area contributed by atoms with Crippen LogP contribution >= 0.6 is 11.8 Å². The third-order valence-corrected chi connectivity index (χ3v) is 6.53. The molecule has 0 spiro atoms. The molecule has 35 heavy (non-hydrogen) atoms. The Morgan fingerprint density at radius 2 is 1.57 bits per heavy atom. The van der Waals surface area contributed by atoms with Crippen molar-refractivity contribution in [3.8, 4) is 11.1 Å². The van der Waals surface area contributed by atoms with Crippen LogP contribution < -0.4 is 16.0 Å². The van der Waals surface area contributed by atoms with Gasteiger partial charge in [0, 0.05) is 25.9 Å². The number of nitrogens with one attached hydrogen (secondary N) is 3. The number of carboxylic acids is 1. The zero-order chi connectivity index (χ0) is 25.2. The molecule has 0 saturated heterocycles. The lowest BCUT2D eigenvalue weighted by Crippen LogP contribution is -2.42. The Morgan fingerprint density at radius 1 is 0.971 bits per heavy atom. The Kier molecular flexibility index (Phi) is 9.54. The number of ether oxygens (including phenoxy) is 1. The number of benzene rings is 2. The third kappa shape index (κ3) is 7.48. The molecule has 0 bridgehead atoms. The fraction of sp³-hybridized carbons (Fsp3) is 0.360. The first-order valence-electron chi connectivity index (χ1n) is 11.3. The number of hydrogen-bond acceptors (Lipinski definition) is 6. The van der Waals surface area contributed by atoms with Crippen molar-refractivity contribution in [1.82, 2.24) is 16.0 Å². The largest absolute Gasteiger partial charge is 0.480 e. The van der Waals surface area contributed by atoms with E-state index in [9.17, 15) is 24.3 Å². The van der Waals surface area contributed by atoms with E-state index in [1.54, 1.807) is 0 Å². The maximum atomic E-state index is 12.4. The molecule has 0 aromatic heterocycles. The van der Waals surface area contributed by atoms with Crippen LogP contribution in [0.15, 0.2) is 48.5 Å². The molecule has 2 aromatic rings. The summed E-state index contributed by atoms with van der Waals surface area (Å²) in [7, 11) is 0. The lowest BCUT2D eigenvalue weighted by molar-refractivity contribution is -0.139. The number of carbonyl (C=O) groups is 4. The van der Waals surface area contributed by atoms with Crippen molar-refractivity contribution >= 4 is 35.6 Å². The van der Waals surface area contributed by atoms with E-state index in [4.69, 9.17) is 4.74 Å². The van der Waals surface area contributed by atoms with Crippen molar-refractivity contribution in [1.29, 1.82) is 0 Å². The summed E-state index contributed by atoms with van der Waals surface area (Å²) >= 11 is 1.26. The molecule has 0 radical (unpaired) electrons. The minimum Gasteiger partial charge on any atom is -0.480 e. The first-order chi connectivity index (χ1) is 16.9. The van der Waals surface area contributed by atoms with Crippen LogP contribution in [-0.4, -0.2) is 66.2 Å². The number of carboxylic acid groups (broad SMARTS) is 1. The van der Waals surface area contributed by atoms with E-state index in [0.717, 1.165) is 22.3 Å². The molecule has 0 heterocycles. The fourth-order valence-corrected chi connectivity index (χ4v) is 4.73. The molecule has 1 unspecified atom stereocenters. The van der Waals surface area contributed by atoms with Gasteiger partial charge in [-0.15, -0.1) is 0 Å². The predicted molar refractivity (Wildman–Crippen MR) is 133 cm³/mol. The Morgan fingerprint density at radius 3 is 2.17 bits per heavy atom. The summed E-state index contributed by atoms with van der Waals surface area (Å²) in [6.07, 6.45) is -0.649. The first-order valence-corrected chi connectivity index (χ1v) is 12.5. The first kappa shape index (κ1) is 26.1. The monoisotopic (exact) mass is 499 g/mol. The minimum absolute atomic E-state index is 0.0968. The van der Waals surface area contributed by atoms with Crippen LogP contribution in [0.25, 0.3) is 11.1 Å². The van der Waals surface area contributed by atoms with Gasteiger partial charge in [-0.05, 0) is 34.4 Å². The molecular formula is C25H29N3O6S. The standard InChI is InChI=1S/C25H29N3O6S/c1-16(29)26-11-12-27-23(30)15-35-13-10-22(24(31)32)28-25(33)34-14-21-19-8-4-2-6-17(19)18-7-3-5-9-20(18)21/h2-9,21-22H,10-15H2,1H3,(H,26,29)(H,27,30)(H,28,33)(H,31,32). The smallest absolute Gasteiger partial charge is 0.407 e. The molecule has 10 heteroatoms. The van der Waals surface area contributed by atoms with E-state index in [-0.39, 0.29) is 36.5 Å². The topological polar surface area (TPSA) is 134 Å². The number of carbonyl (C=O) groups excluding carboxylic acids is 3. The maximum Gasteiger partial charge on any atom is 0.407 e. The minimum atomic E-state index is -1.17. The van der Waals surface area contributed by atoms with Gasteiger partial charge in [0.15, 0.2) is 0 Å². The summed E-state index contributed by atoms with van der Waals surface area (Å²) in [6, 6.07) is 14.8. The normalized spacial score (nSPS) is 12.7. The molecular weight excluding hydrogens is 470 g/mol. The molecule has 1 aliphatic rings. The third-order valence-electron chi connectivity index (χ3n) is 5.54. The van der Waals surface area contributed by atoms with E-state index < -0.39 is 18.1 Å². The number of amides is 3. The van der Waals surface area contributed by atoms with Gasteiger partial charge in [0.05, 0.1) is 5.75 Å². The Hall–Kier alpha value is -3.53. The average Bonchev–Trinajstić information content (AvgIpc) is 3.16. The Bertz CT molecular complexity index is 1030. The number of aliphatic carboxylic acids is 1. The van der Waals surface area contributed by atoms with Crippen LogP contribution in [0.5, 0.6) is 0 Å². The van der Waals surface area contributed by atoms with Crippen molar-refractivity contribution in [2.24, 2.45) is 0 Å². The number of rotatable bonds is 12. The number of hydrogen-bond donors (Lipinski definition) is 4. The van der Waals surface area contributed by atoms with Crippen LogP contribution in [0, 0.1) is 0 Å². The number of alkyl carbamates (subject to hydrolysis) is 1. The molecule has 1 aliphatic carbocycles. The van der Waals surface area contributed by atoms with Crippen molar-refractivity contribution in [2.45, 2.75) is 25.3 Å². The zero-order valence-corrected chi connectivity index (χ0v) is 20.2. The van der Waals surface area contributed by atoms with Gasteiger partial charge in [-0.2, -0.15) is 11.8 Å². The molecule has 3 amide bonds. The summed E-state index contributed by atoms with van der Waals surface area (Å²) in [6.45, 7) is 2.16. The van der Waals surface area contributed by atoms with Crippen molar-refractivity contribution in [2.75, 3.05) is 31.2 Å². The molecule has 186 valence electrons. The predicted octanol–water partition coefficient (Wildman–Crippen LogP) is 2.35. The van der Waals surface area contributed by atoms with Crippen molar-refractivity contribution < 1.29 is 29.0 Å². The van der Waals surface area contributed by atoms with Crippen LogP contribution in [0.2, 0.25) is 0 Å². The van der Waals surface area contributed by atoms with Gasteiger partial charge in [0.25, 0.3) is 0 Å². The summed E-state index contributed by atoms with van der Waals surface area (Å²) in [5, 5.41) is 17.1. The van der Waals surface area contributed by atoms with E-state index in [1.807, 2.05) is 48.5 Å². The summed E-state index contributed by atoms with van der Waals surface area (Å²) in [5.41, 5.74) is 4.36. The van der Waals surface area contributed by atoms with Crippen LogP contribution in [0.3, 0.4) is 0 Å². The van der Waals surface area contributed by atoms with Gasteiger partial charge < -0.3 is 25.8 Å². The second-order valence-corrected chi connectivity index (χ2v) is 9.14. The molecule has 2 aromatic carbocycles. The van der Waals surface area contributed by atoms with Crippen molar-refractivity contribution in [3.63, 3.8) is 0 Å².